The predicted octanol–water partition coefficient (Wildman–Crippen LogP) is 4.02. The van der Waals surface area contributed by atoms with E-state index < -0.39 is 119 Å². The van der Waals surface area contributed by atoms with E-state index in [9.17, 15) is 33.6 Å². The highest BCUT2D eigenvalue weighted by atomic mass is 16.6. The predicted molar refractivity (Wildman–Crippen MR) is 361 cm³/mol. The fourth-order valence-corrected chi connectivity index (χ4v) is 10.3. The lowest BCUT2D eigenvalue weighted by Gasteiger charge is -2.26. The zero-order valence-corrected chi connectivity index (χ0v) is 56.4. The number of ether oxygens (including phenoxy) is 2. The lowest BCUT2D eigenvalue weighted by molar-refractivity contribution is -0.155. The first-order valence-corrected chi connectivity index (χ1v) is 31.9. The number of fused-ring (bicyclic) bond motifs is 1. The average molecular weight is 1290 g/mol. The highest BCUT2D eigenvalue weighted by molar-refractivity contribution is 5.97. The van der Waals surface area contributed by atoms with Gasteiger partial charge in [-0.1, -0.05) is 54.6 Å². The SMILES string of the molecule is CN=C(N)NCCC[C@@H](C=O)NC(=O)[C@H](CNC)CC(=O)CNC(=O)[C@@H](CC(=O)[C@@H](CCCNC(N)=NC)NC(=O)[C@H](CCCN=C(C)N)CC(=O)[C@H](Cc1ccc(OC(C)(C)C)cc1)NC(=O)[C@H](CCC(=O)OC(C)(C)C)CC(C)=O)Cc1ccc2ccccc2c1. The van der Waals surface area contributed by atoms with Crippen LogP contribution < -0.4 is 59.2 Å². The van der Waals surface area contributed by atoms with Crippen molar-refractivity contribution in [1.29, 1.82) is 0 Å². The average Bonchev–Trinajstić information content (AvgIpc) is 0.970. The number of nitrogens with one attached hydrogen (secondary N) is 7. The monoisotopic (exact) mass is 1290 g/mol. The third kappa shape index (κ3) is 32.0. The van der Waals surface area contributed by atoms with E-state index >= 15 is 14.4 Å². The second kappa shape index (κ2) is 40.4. The van der Waals surface area contributed by atoms with Crippen LogP contribution in [-0.2, 0) is 65.5 Å². The number of nitrogens with two attached hydrogens (primary N) is 3. The molecule has 3 rings (SSSR count). The Morgan fingerprint density at radius 3 is 1.73 bits per heavy atom. The van der Waals surface area contributed by atoms with Crippen LogP contribution in [0.3, 0.4) is 0 Å². The second-order valence-electron chi connectivity index (χ2n) is 25.5. The molecule has 93 heavy (non-hydrogen) atoms. The van der Waals surface area contributed by atoms with Gasteiger partial charge in [-0.05, 0) is 154 Å². The number of Topliss-reactive ketones (excluding diaryl/α,β-unsaturated/α-hetero) is 4. The van der Waals surface area contributed by atoms with Gasteiger partial charge in [-0.3, -0.25) is 53.3 Å². The number of amides is 4. The van der Waals surface area contributed by atoms with Gasteiger partial charge in [-0.25, -0.2) is 0 Å². The normalized spacial score (nSPS) is 14.4. The topological polar surface area (TPSA) is 389 Å². The Bertz CT molecular complexity index is 3060. The molecule has 7 atom stereocenters. The van der Waals surface area contributed by atoms with Gasteiger partial charge in [0.05, 0.1) is 36.4 Å². The molecule has 0 fully saturated rings. The van der Waals surface area contributed by atoms with Crippen LogP contribution in [-0.4, -0.2) is 160 Å². The first-order valence-electron chi connectivity index (χ1n) is 31.9. The van der Waals surface area contributed by atoms with E-state index in [-0.39, 0.29) is 102 Å². The number of benzene rings is 3. The summed E-state index contributed by atoms with van der Waals surface area (Å²) >= 11 is 0. The maximum Gasteiger partial charge on any atom is 0.306 e. The molecule has 0 spiro atoms. The van der Waals surface area contributed by atoms with Crippen molar-refractivity contribution in [2.75, 3.05) is 53.9 Å². The zero-order chi connectivity index (χ0) is 69.3. The summed E-state index contributed by atoms with van der Waals surface area (Å²) in [7, 11) is 4.65. The molecule has 0 aliphatic heterocycles. The van der Waals surface area contributed by atoms with E-state index in [0.29, 0.717) is 48.4 Å². The molecule has 0 aliphatic carbocycles. The summed E-state index contributed by atoms with van der Waals surface area (Å²) in [5.41, 5.74) is 17.6. The van der Waals surface area contributed by atoms with Crippen molar-refractivity contribution in [3.05, 3.63) is 77.9 Å². The van der Waals surface area contributed by atoms with E-state index in [4.69, 9.17) is 26.7 Å². The quantitative estimate of drug-likeness (QED) is 0.0126. The number of ketones is 4. The summed E-state index contributed by atoms with van der Waals surface area (Å²) in [6.45, 7) is 14.2. The van der Waals surface area contributed by atoms with Gasteiger partial charge in [0.15, 0.2) is 29.3 Å². The first kappa shape index (κ1) is 78.6. The van der Waals surface area contributed by atoms with Gasteiger partial charge < -0.3 is 73.5 Å². The van der Waals surface area contributed by atoms with E-state index in [0.717, 1.165) is 10.8 Å². The maximum absolute atomic E-state index is 15.0. The summed E-state index contributed by atoms with van der Waals surface area (Å²) in [4.78, 5) is 151. The number of esters is 1. The molecule has 0 heterocycles. The molecule has 0 saturated heterocycles. The molecule has 0 aliphatic rings. The Morgan fingerprint density at radius 1 is 0.581 bits per heavy atom. The number of amidine groups is 1. The van der Waals surface area contributed by atoms with Crippen LogP contribution in [0.2, 0.25) is 0 Å². The summed E-state index contributed by atoms with van der Waals surface area (Å²) in [5.74, 6) is -7.79. The van der Waals surface area contributed by atoms with Gasteiger partial charge in [0.2, 0.25) is 23.6 Å². The van der Waals surface area contributed by atoms with E-state index in [2.05, 4.69) is 52.2 Å². The standard InChI is InChI=1S/C68H103N13O12/c1-43(83)33-50(26-29-60(87)93-68(6,7)8)63(90)81-57(36-45-23-27-55(28-24-45)92-67(3,4)5)59(86)38-49(19-14-30-75-44(2)69)62(89)80-56(21-16-32-77-66(71)74-11)58(85)39-51(35-46-22-25-47-17-12-13-18-48(47)34-46)61(88)78-41-54(84)37-52(40-72-9)64(91)79-53(42-82)20-15-31-76-65(70)73-10/h12-13,17-18,22-25,27-28,34,42,49-53,56-57,72H,14-16,19-21,26,29-33,35-41H2,1-11H3,(H2,69,75)(H,78,88)(H,79,91)(H,80,89)(H,81,90)(H3,70,73,76)(H3,71,74,77)/t49-,50-,51-,52+,53+,56-,57+/m1/s1. The summed E-state index contributed by atoms with van der Waals surface area (Å²) < 4.78 is 11.5. The van der Waals surface area contributed by atoms with Gasteiger partial charge >= 0.3 is 5.97 Å². The molecule has 0 radical (unpaired) electrons. The number of nitrogens with zero attached hydrogens (tertiary/aromatic N) is 3. The minimum atomic E-state index is -1.25. The van der Waals surface area contributed by atoms with Crippen LogP contribution in [0.15, 0.2) is 81.7 Å². The molecule has 0 bridgehead atoms. The van der Waals surface area contributed by atoms with Crippen LogP contribution in [0.5, 0.6) is 5.75 Å². The molecular weight excluding hydrogens is 1190 g/mol. The van der Waals surface area contributed by atoms with E-state index in [1.54, 1.807) is 59.0 Å². The van der Waals surface area contributed by atoms with E-state index in [1.165, 1.54) is 21.0 Å². The molecule has 25 nitrogen and oxygen atoms in total. The number of hydrogen-bond acceptors (Lipinski definition) is 16. The lowest BCUT2D eigenvalue weighted by Crippen LogP contribution is -2.48. The lowest BCUT2D eigenvalue weighted by atomic mass is 9.88. The second-order valence-corrected chi connectivity index (χ2v) is 25.5. The van der Waals surface area contributed by atoms with E-state index in [1.807, 2.05) is 63.2 Å². The number of rotatable bonds is 42. The van der Waals surface area contributed by atoms with Gasteiger partial charge in [0, 0.05) is 90.1 Å². The Balaban J connectivity index is 2.05. The molecule has 13 N–H and O–H groups in total. The molecule has 512 valence electrons. The molecule has 0 saturated carbocycles. The van der Waals surface area contributed by atoms with Crippen molar-refractivity contribution >= 4 is 87.5 Å². The highest BCUT2D eigenvalue weighted by Gasteiger charge is 2.35. The van der Waals surface area contributed by atoms with Crippen LogP contribution >= 0.6 is 0 Å². The number of aldehydes is 1. The van der Waals surface area contributed by atoms with Gasteiger partial charge in [0.25, 0.3) is 0 Å². The van der Waals surface area contributed by atoms with Crippen molar-refractivity contribution in [1.82, 2.24) is 37.2 Å². The minimum Gasteiger partial charge on any atom is -0.488 e. The van der Waals surface area contributed by atoms with Crippen molar-refractivity contribution in [2.45, 2.75) is 175 Å². The molecule has 3 aromatic rings. The molecule has 0 unspecified atom stereocenters. The fraction of sp³-hybridized carbons (Fsp3) is 0.574. The van der Waals surface area contributed by atoms with Gasteiger partial charge in [-0.15, -0.1) is 0 Å². The highest BCUT2D eigenvalue weighted by Crippen LogP contribution is 2.25. The van der Waals surface area contributed by atoms with Gasteiger partial charge in [0.1, 0.15) is 29.0 Å². The van der Waals surface area contributed by atoms with Crippen molar-refractivity contribution in [3.8, 4) is 5.75 Å². The Labute approximate surface area is 548 Å². The number of carbonyl (C=O) groups excluding carboxylic acids is 10. The van der Waals surface area contributed by atoms with Crippen molar-refractivity contribution in [2.24, 2.45) is 55.8 Å². The molecule has 0 aromatic heterocycles. The summed E-state index contributed by atoms with van der Waals surface area (Å²) in [6.07, 6.45) is 0.514. The fourth-order valence-electron chi connectivity index (χ4n) is 10.3. The third-order valence-corrected chi connectivity index (χ3v) is 14.9. The van der Waals surface area contributed by atoms with Gasteiger partial charge in [-0.2, -0.15) is 0 Å². The minimum absolute atomic E-state index is 0.0339. The molecule has 3 aromatic carbocycles. The number of hydrogen-bond donors (Lipinski definition) is 10. The summed E-state index contributed by atoms with van der Waals surface area (Å²) in [6, 6.07) is 17.0. The maximum atomic E-state index is 15.0. The number of guanidine groups is 2. The van der Waals surface area contributed by atoms with Crippen LogP contribution in [0.25, 0.3) is 10.8 Å². The van der Waals surface area contributed by atoms with Crippen molar-refractivity contribution in [3.63, 3.8) is 0 Å². The molecule has 25 heteroatoms. The Hall–Kier alpha value is -8.61. The van der Waals surface area contributed by atoms with Crippen LogP contribution in [0, 0.1) is 23.7 Å². The van der Waals surface area contributed by atoms with Crippen LogP contribution in [0.4, 0.5) is 0 Å². The van der Waals surface area contributed by atoms with Crippen LogP contribution in [0.1, 0.15) is 144 Å². The molecule has 4 amide bonds. The van der Waals surface area contributed by atoms with Crippen molar-refractivity contribution < 1.29 is 57.4 Å². The largest absolute Gasteiger partial charge is 0.488 e. The number of carbonyl (C=O) groups is 10. The first-order chi connectivity index (χ1) is 43.9. The zero-order valence-electron chi connectivity index (χ0n) is 56.4. The Kier molecular flexibility index (Phi) is 34.1. The Morgan fingerprint density at radius 2 is 1.15 bits per heavy atom. The molecular formula is C68H103N13O12. The third-order valence-electron chi connectivity index (χ3n) is 14.9. The summed E-state index contributed by atoms with van der Waals surface area (Å²) in [5, 5.41) is 21.8. The number of aliphatic imine (C=N–C) groups is 3. The smallest absolute Gasteiger partial charge is 0.306 e.